The van der Waals surface area contributed by atoms with Crippen molar-refractivity contribution >= 4 is 6.08 Å². The maximum atomic E-state index is 13.0. The van der Waals surface area contributed by atoms with E-state index in [0.29, 0.717) is 0 Å². The van der Waals surface area contributed by atoms with E-state index in [4.69, 9.17) is 0 Å². The summed E-state index contributed by atoms with van der Waals surface area (Å²) in [5.74, 6) is -1.40. The minimum atomic E-state index is -0.835. The third-order valence-corrected chi connectivity index (χ3v) is 1.66. The number of benzene rings is 1. The van der Waals surface area contributed by atoms with Gasteiger partial charge in [0.2, 0.25) is 6.08 Å². The van der Waals surface area contributed by atoms with E-state index < -0.39 is 17.7 Å². The van der Waals surface area contributed by atoms with Crippen molar-refractivity contribution in [2.75, 3.05) is 0 Å². The lowest BCUT2D eigenvalue weighted by Gasteiger charge is -2.06. The molecule has 13 heavy (non-hydrogen) atoms. The van der Waals surface area contributed by atoms with Gasteiger partial charge in [0.15, 0.2) is 0 Å². The zero-order valence-electron chi connectivity index (χ0n) is 6.92. The summed E-state index contributed by atoms with van der Waals surface area (Å²) in [7, 11) is 0. The van der Waals surface area contributed by atoms with Crippen molar-refractivity contribution in [3.8, 4) is 0 Å². The second-order valence-corrected chi connectivity index (χ2v) is 2.53. The number of nitrogens with zero attached hydrogens (tertiary/aromatic N) is 1. The highest BCUT2D eigenvalue weighted by Crippen LogP contribution is 2.22. The monoisotopic (exact) mass is 183 g/mol. The van der Waals surface area contributed by atoms with Crippen molar-refractivity contribution in [2.45, 2.75) is 13.0 Å². The molecular formula is C9H7F2NO. The molecule has 1 aromatic rings. The summed E-state index contributed by atoms with van der Waals surface area (Å²) < 4.78 is 26.0. The topological polar surface area (TPSA) is 29.4 Å². The van der Waals surface area contributed by atoms with Crippen LogP contribution in [0.2, 0.25) is 0 Å². The summed E-state index contributed by atoms with van der Waals surface area (Å²) in [6.07, 6.45) is 1.26. The molecule has 0 aromatic heterocycles. The van der Waals surface area contributed by atoms with Crippen LogP contribution in [0.5, 0.6) is 0 Å². The molecule has 0 aliphatic heterocycles. The van der Waals surface area contributed by atoms with Crippen molar-refractivity contribution in [3.05, 3.63) is 35.4 Å². The maximum absolute atomic E-state index is 13.0. The molecule has 1 aromatic carbocycles. The van der Waals surface area contributed by atoms with Gasteiger partial charge in [0, 0.05) is 5.56 Å². The van der Waals surface area contributed by atoms with Crippen molar-refractivity contribution < 1.29 is 13.6 Å². The molecule has 0 N–H and O–H groups in total. The number of hydrogen-bond donors (Lipinski definition) is 0. The summed E-state index contributed by atoms with van der Waals surface area (Å²) >= 11 is 0. The highest BCUT2D eigenvalue weighted by atomic mass is 19.1. The van der Waals surface area contributed by atoms with Crippen LogP contribution in [0.25, 0.3) is 0 Å². The quantitative estimate of drug-likeness (QED) is 0.511. The average molecular weight is 183 g/mol. The van der Waals surface area contributed by atoms with Crippen LogP contribution in [-0.4, -0.2) is 6.08 Å². The first-order chi connectivity index (χ1) is 6.16. The van der Waals surface area contributed by atoms with Gasteiger partial charge in [-0.25, -0.2) is 13.6 Å². The fourth-order valence-corrected chi connectivity index (χ4v) is 1.05. The molecule has 1 rings (SSSR count). The average Bonchev–Trinajstić information content (AvgIpc) is 2.04. The van der Waals surface area contributed by atoms with Crippen molar-refractivity contribution in [1.82, 2.24) is 0 Å². The van der Waals surface area contributed by atoms with E-state index in [0.717, 1.165) is 12.1 Å². The van der Waals surface area contributed by atoms with Crippen LogP contribution in [0, 0.1) is 11.6 Å². The van der Waals surface area contributed by atoms with Crippen LogP contribution < -0.4 is 0 Å². The van der Waals surface area contributed by atoms with Gasteiger partial charge >= 0.3 is 0 Å². The summed E-state index contributed by atoms with van der Waals surface area (Å²) in [6, 6.07) is 2.66. The van der Waals surface area contributed by atoms with Crippen molar-refractivity contribution in [3.63, 3.8) is 0 Å². The summed E-state index contributed by atoms with van der Waals surface area (Å²) in [6.45, 7) is 1.42. The first-order valence-corrected chi connectivity index (χ1v) is 3.67. The van der Waals surface area contributed by atoms with Gasteiger partial charge in [-0.05, 0) is 19.1 Å². The minimum Gasteiger partial charge on any atom is -0.211 e. The van der Waals surface area contributed by atoms with Crippen LogP contribution in [0.4, 0.5) is 8.78 Å². The smallest absolute Gasteiger partial charge is 0.211 e. The molecule has 0 saturated heterocycles. The van der Waals surface area contributed by atoms with Gasteiger partial charge in [0.1, 0.15) is 11.6 Å². The van der Waals surface area contributed by atoms with Crippen molar-refractivity contribution in [2.24, 2.45) is 4.99 Å². The Kier molecular flexibility index (Phi) is 2.88. The molecule has 0 aliphatic carbocycles. The number of hydrogen-bond acceptors (Lipinski definition) is 2. The fourth-order valence-electron chi connectivity index (χ4n) is 1.05. The molecule has 1 unspecified atom stereocenters. The van der Waals surface area contributed by atoms with Crippen LogP contribution in [0.1, 0.15) is 18.5 Å². The maximum Gasteiger partial charge on any atom is 0.235 e. The third kappa shape index (κ3) is 1.98. The van der Waals surface area contributed by atoms with Gasteiger partial charge < -0.3 is 0 Å². The zero-order chi connectivity index (χ0) is 9.84. The summed E-state index contributed by atoms with van der Waals surface area (Å²) in [5.41, 5.74) is -0.203. The Morgan fingerprint density at radius 3 is 2.38 bits per heavy atom. The van der Waals surface area contributed by atoms with E-state index >= 15 is 0 Å². The Bertz CT molecular complexity index is 338. The van der Waals surface area contributed by atoms with Gasteiger partial charge in [-0.2, -0.15) is 4.99 Å². The molecule has 0 saturated carbocycles. The van der Waals surface area contributed by atoms with E-state index in [1.807, 2.05) is 0 Å². The molecule has 0 amide bonds. The number of halogens is 2. The lowest BCUT2D eigenvalue weighted by atomic mass is 10.1. The molecule has 4 heteroatoms. The Balaban J connectivity index is 3.19. The highest BCUT2D eigenvalue weighted by molar-refractivity contribution is 5.35. The minimum absolute atomic E-state index is 0.203. The Labute approximate surface area is 73.9 Å². The lowest BCUT2D eigenvalue weighted by Crippen LogP contribution is -1.98. The summed E-state index contributed by atoms with van der Waals surface area (Å²) in [5, 5.41) is 0. The Hall–Kier alpha value is -1.54. The highest BCUT2D eigenvalue weighted by Gasteiger charge is 2.14. The molecular weight excluding hydrogens is 176 g/mol. The Morgan fingerprint density at radius 2 is 1.92 bits per heavy atom. The molecule has 0 heterocycles. The second kappa shape index (κ2) is 3.92. The molecule has 0 fully saturated rings. The number of aliphatic imine (C=N–C) groups is 1. The third-order valence-electron chi connectivity index (χ3n) is 1.66. The molecule has 68 valence electrons. The van der Waals surface area contributed by atoms with E-state index in [1.54, 1.807) is 0 Å². The molecule has 0 bridgehead atoms. The normalized spacial score (nSPS) is 11.9. The first-order valence-electron chi connectivity index (χ1n) is 3.67. The van der Waals surface area contributed by atoms with E-state index in [1.165, 1.54) is 19.1 Å². The van der Waals surface area contributed by atoms with Crippen LogP contribution in [0.15, 0.2) is 23.2 Å². The number of rotatable bonds is 2. The van der Waals surface area contributed by atoms with E-state index in [2.05, 4.69) is 4.99 Å². The molecule has 2 nitrogen and oxygen atoms in total. The SMILES string of the molecule is CC(N=C=O)c1c(F)cccc1F. The molecule has 0 radical (unpaired) electrons. The molecule has 1 atom stereocenters. The Morgan fingerprint density at radius 1 is 1.38 bits per heavy atom. The van der Waals surface area contributed by atoms with Gasteiger partial charge in [0.25, 0.3) is 0 Å². The lowest BCUT2D eigenvalue weighted by molar-refractivity contribution is 0.530. The van der Waals surface area contributed by atoms with Gasteiger partial charge in [0.05, 0.1) is 6.04 Å². The fraction of sp³-hybridized carbons (Fsp3) is 0.222. The van der Waals surface area contributed by atoms with Crippen molar-refractivity contribution in [1.29, 1.82) is 0 Å². The van der Waals surface area contributed by atoms with Crippen LogP contribution in [0.3, 0.4) is 0 Å². The molecule has 0 spiro atoms. The number of isocyanates is 1. The number of carbonyl (C=O) groups excluding carboxylic acids is 1. The zero-order valence-corrected chi connectivity index (χ0v) is 6.92. The van der Waals surface area contributed by atoms with Gasteiger partial charge in [-0.15, -0.1) is 0 Å². The van der Waals surface area contributed by atoms with Gasteiger partial charge in [-0.1, -0.05) is 6.07 Å². The standard InChI is InChI=1S/C9H7F2NO/c1-6(12-5-13)9-7(10)3-2-4-8(9)11/h2-4,6H,1H3. The first kappa shape index (κ1) is 9.55. The second-order valence-electron chi connectivity index (χ2n) is 2.53. The van der Waals surface area contributed by atoms with Crippen LogP contribution in [-0.2, 0) is 4.79 Å². The largest absolute Gasteiger partial charge is 0.235 e. The predicted molar refractivity (Wildman–Crippen MR) is 42.9 cm³/mol. The summed E-state index contributed by atoms with van der Waals surface area (Å²) in [4.78, 5) is 13.1. The van der Waals surface area contributed by atoms with E-state index in [9.17, 15) is 13.6 Å². The van der Waals surface area contributed by atoms with E-state index in [-0.39, 0.29) is 5.56 Å². The van der Waals surface area contributed by atoms with Crippen LogP contribution >= 0.6 is 0 Å². The van der Waals surface area contributed by atoms with Gasteiger partial charge in [-0.3, -0.25) is 0 Å². The molecule has 0 aliphatic rings. The predicted octanol–water partition coefficient (Wildman–Crippen LogP) is 2.36.